The maximum atomic E-state index is 13.8. The summed E-state index contributed by atoms with van der Waals surface area (Å²) in [5.74, 6) is 3.89. The Morgan fingerprint density at radius 2 is 1.71 bits per heavy atom. The third-order valence-electron chi connectivity index (χ3n) is 8.38. The van der Waals surface area contributed by atoms with Crippen molar-refractivity contribution in [1.82, 2.24) is 10.2 Å². The van der Waals surface area contributed by atoms with Crippen molar-refractivity contribution < 1.29 is 19.1 Å². The lowest BCUT2D eigenvalue weighted by Gasteiger charge is -2.56. The molecule has 7 rings (SSSR count). The molecule has 4 aliphatic carbocycles. The van der Waals surface area contributed by atoms with E-state index < -0.39 is 0 Å². The molecule has 1 N–H and O–H groups in total. The second-order valence-corrected chi connectivity index (χ2v) is 10.6. The summed E-state index contributed by atoms with van der Waals surface area (Å²) in [7, 11) is 0. The Morgan fingerprint density at radius 1 is 1.03 bits per heavy atom. The van der Waals surface area contributed by atoms with Crippen LogP contribution in [-0.2, 0) is 9.59 Å². The SMILES string of the molecule is O=C(NC[C@H]1COc2ccccc2O1)[C@@H]1CCCN1C(=O)C12CC3CC(CC(C3)C1)C2. The van der Waals surface area contributed by atoms with Crippen LogP contribution >= 0.6 is 0 Å². The first-order valence-corrected chi connectivity index (χ1v) is 12.1. The van der Waals surface area contributed by atoms with Crippen LogP contribution in [0.5, 0.6) is 11.5 Å². The molecule has 0 radical (unpaired) electrons. The average molecular weight is 425 g/mol. The number of para-hydroxylation sites is 2. The molecule has 6 nitrogen and oxygen atoms in total. The number of hydrogen-bond donors (Lipinski definition) is 1. The lowest BCUT2D eigenvalue weighted by Crippen LogP contribution is -2.57. The summed E-state index contributed by atoms with van der Waals surface area (Å²) < 4.78 is 11.7. The van der Waals surface area contributed by atoms with Crippen LogP contribution in [0.1, 0.15) is 51.4 Å². The van der Waals surface area contributed by atoms with Crippen LogP contribution < -0.4 is 14.8 Å². The van der Waals surface area contributed by atoms with Gasteiger partial charge in [0.05, 0.1) is 12.0 Å². The number of likely N-dealkylation sites (tertiary alicyclic amines) is 1. The number of carbonyl (C=O) groups excluding carboxylic acids is 2. The van der Waals surface area contributed by atoms with Crippen molar-refractivity contribution in [1.29, 1.82) is 0 Å². The number of nitrogens with zero attached hydrogens (tertiary/aromatic N) is 1. The molecule has 2 atom stereocenters. The zero-order valence-corrected chi connectivity index (χ0v) is 18.1. The summed E-state index contributed by atoms with van der Waals surface area (Å²) in [6.45, 7) is 1.52. The first-order chi connectivity index (χ1) is 15.1. The highest BCUT2D eigenvalue weighted by Crippen LogP contribution is 2.60. The highest BCUT2D eigenvalue weighted by molar-refractivity contribution is 5.91. The molecule has 1 aromatic carbocycles. The average Bonchev–Trinajstić information content (AvgIpc) is 3.26. The Bertz CT molecular complexity index is 849. The number of amides is 2. The smallest absolute Gasteiger partial charge is 0.242 e. The van der Waals surface area contributed by atoms with Gasteiger partial charge in [-0.05, 0) is 81.3 Å². The molecule has 1 aromatic rings. The van der Waals surface area contributed by atoms with Crippen LogP contribution in [0.25, 0.3) is 0 Å². The zero-order chi connectivity index (χ0) is 21.0. The Morgan fingerprint density at radius 3 is 2.42 bits per heavy atom. The van der Waals surface area contributed by atoms with E-state index in [0.717, 1.165) is 62.2 Å². The molecular formula is C25H32N2O4. The van der Waals surface area contributed by atoms with Gasteiger partial charge in [-0.3, -0.25) is 9.59 Å². The Kier molecular flexibility index (Phi) is 4.65. The standard InChI is InChI=1S/C25H32N2O4/c28-23(26-14-19-15-30-21-5-1-2-6-22(21)31-19)20-4-3-7-27(20)24(29)25-11-16-8-17(12-25)10-18(9-16)13-25/h1-2,5-6,16-20H,3-4,7-15H2,(H,26,28)/t16?,17?,18?,19-,20-,25?/m0/s1. The van der Waals surface area contributed by atoms with E-state index in [0.29, 0.717) is 18.9 Å². The third kappa shape index (κ3) is 3.39. The molecule has 2 aliphatic heterocycles. The fourth-order valence-corrected chi connectivity index (χ4v) is 7.46. The number of hydrogen-bond acceptors (Lipinski definition) is 4. The monoisotopic (exact) mass is 424 g/mol. The van der Waals surface area contributed by atoms with Crippen molar-refractivity contribution in [3.8, 4) is 11.5 Å². The van der Waals surface area contributed by atoms with E-state index in [-0.39, 0.29) is 29.4 Å². The fourth-order valence-electron chi connectivity index (χ4n) is 7.46. The van der Waals surface area contributed by atoms with Crippen LogP contribution in [0, 0.1) is 23.2 Å². The van der Waals surface area contributed by atoms with Crippen molar-refractivity contribution in [2.45, 2.75) is 63.5 Å². The molecular weight excluding hydrogens is 392 g/mol. The van der Waals surface area contributed by atoms with Gasteiger partial charge in [-0.1, -0.05) is 12.1 Å². The molecule has 6 heteroatoms. The molecule has 6 aliphatic rings. The summed E-state index contributed by atoms with van der Waals surface area (Å²) >= 11 is 0. The molecule has 2 amide bonds. The van der Waals surface area contributed by atoms with Crippen molar-refractivity contribution in [2.75, 3.05) is 19.7 Å². The minimum atomic E-state index is -0.336. The van der Waals surface area contributed by atoms with Gasteiger partial charge in [0.15, 0.2) is 11.5 Å². The molecule has 166 valence electrons. The summed E-state index contributed by atoms with van der Waals surface area (Å²) in [6, 6.07) is 7.26. The molecule has 2 heterocycles. The number of nitrogens with one attached hydrogen (secondary N) is 1. The largest absolute Gasteiger partial charge is 0.486 e. The van der Waals surface area contributed by atoms with E-state index in [1.54, 1.807) is 0 Å². The van der Waals surface area contributed by atoms with E-state index in [4.69, 9.17) is 9.47 Å². The van der Waals surface area contributed by atoms with E-state index in [1.165, 1.54) is 19.3 Å². The van der Waals surface area contributed by atoms with Crippen molar-refractivity contribution >= 4 is 11.8 Å². The van der Waals surface area contributed by atoms with Crippen molar-refractivity contribution in [3.05, 3.63) is 24.3 Å². The lowest BCUT2D eigenvalue weighted by atomic mass is 9.49. The van der Waals surface area contributed by atoms with Gasteiger partial charge in [0.25, 0.3) is 0 Å². The van der Waals surface area contributed by atoms with Crippen molar-refractivity contribution in [2.24, 2.45) is 23.2 Å². The molecule has 0 unspecified atom stereocenters. The predicted octanol–water partition coefficient (Wildman–Crippen LogP) is 3.15. The molecule has 5 fully saturated rings. The van der Waals surface area contributed by atoms with E-state index in [2.05, 4.69) is 5.32 Å². The van der Waals surface area contributed by atoms with Crippen LogP contribution in [0.2, 0.25) is 0 Å². The normalized spacial score (nSPS) is 37.7. The first-order valence-electron chi connectivity index (χ1n) is 12.1. The molecule has 4 bridgehead atoms. The van der Waals surface area contributed by atoms with Crippen LogP contribution in [0.15, 0.2) is 24.3 Å². The van der Waals surface area contributed by atoms with Crippen LogP contribution in [0.4, 0.5) is 0 Å². The molecule has 31 heavy (non-hydrogen) atoms. The molecule has 4 saturated carbocycles. The maximum Gasteiger partial charge on any atom is 0.242 e. The van der Waals surface area contributed by atoms with Gasteiger partial charge < -0.3 is 19.7 Å². The van der Waals surface area contributed by atoms with Crippen molar-refractivity contribution in [3.63, 3.8) is 0 Å². The first kappa shape index (κ1) is 19.4. The van der Waals surface area contributed by atoms with Crippen LogP contribution in [0.3, 0.4) is 0 Å². The zero-order valence-electron chi connectivity index (χ0n) is 18.1. The third-order valence-corrected chi connectivity index (χ3v) is 8.38. The highest BCUT2D eigenvalue weighted by atomic mass is 16.6. The number of carbonyl (C=O) groups is 2. The highest BCUT2D eigenvalue weighted by Gasteiger charge is 2.56. The minimum absolute atomic E-state index is 0.0435. The van der Waals surface area contributed by atoms with Gasteiger partial charge >= 0.3 is 0 Å². The van der Waals surface area contributed by atoms with Gasteiger partial charge in [-0.2, -0.15) is 0 Å². The van der Waals surface area contributed by atoms with Gasteiger partial charge in [-0.15, -0.1) is 0 Å². The number of fused-ring (bicyclic) bond motifs is 1. The minimum Gasteiger partial charge on any atom is -0.486 e. The number of ether oxygens (including phenoxy) is 2. The second kappa shape index (κ2) is 7.42. The molecule has 0 spiro atoms. The van der Waals surface area contributed by atoms with Gasteiger partial charge in [-0.25, -0.2) is 0 Å². The quantitative estimate of drug-likeness (QED) is 0.806. The topological polar surface area (TPSA) is 67.9 Å². The predicted molar refractivity (Wildman–Crippen MR) is 115 cm³/mol. The second-order valence-electron chi connectivity index (χ2n) is 10.6. The molecule has 0 aromatic heterocycles. The summed E-state index contributed by atoms with van der Waals surface area (Å²) in [4.78, 5) is 28.8. The van der Waals surface area contributed by atoms with Gasteiger partial charge in [0.2, 0.25) is 11.8 Å². The Labute approximate surface area is 183 Å². The van der Waals surface area contributed by atoms with E-state index in [9.17, 15) is 9.59 Å². The number of rotatable bonds is 4. The van der Waals surface area contributed by atoms with Gasteiger partial charge in [0, 0.05) is 6.54 Å². The Balaban J connectivity index is 1.09. The Hall–Kier alpha value is -2.24. The maximum absolute atomic E-state index is 13.8. The number of benzene rings is 1. The summed E-state index contributed by atoms with van der Waals surface area (Å²) in [6.07, 6.45) is 8.57. The molecule has 1 saturated heterocycles. The lowest BCUT2D eigenvalue weighted by molar-refractivity contribution is -0.160. The van der Waals surface area contributed by atoms with Gasteiger partial charge in [0.1, 0.15) is 18.8 Å². The summed E-state index contributed by atoms with van der Waals surface area (Å²) in [5.41, 5.74) is -0.179. The summed E-state index contributed by atoms with van der Waals surface area (Å²) in [5, 5.41) is 3.05. The fraction of sp³-hybridized carbons (Fsp3) is 0.680. The van der Waals surface area contributed by atoms with Crippen LogP contribution in [-0.4, -0.2) is 48.6 Å². The van der Waals surface area contributed by atoms with E-state index in [1.807, 2.05) is 29.2 Å². The van der Waals surface area contributed by atoms with E-state index >= 15 is 0 Å².